The molecule has 1 aromatic carbocycles. The molecule has 0 aliphatic carbocycles. The van der Waals surface area contributed by atoms with Gasteiger partial charge >= 0.3 is 0 Å². The molecule has 1 fully saturated rings. The van der Waals surface area contributed by atoms with E-state index in [9.17, 15) is 14.0 Å². The van der Waals surface area contributed by atoms with Gasteiger partial charge in [0.1, 0.15) is 5.82 Å². The highest BCUT2D eigenvalue weighted by atomic mass is 19.1. The van der Waals surface area contributed by atoms with Crippen LogP contribution in [0.1, 0.15) is 40.0 Å². The number of nitrogens with zero attached hydrogens (tertiary/aromatic N) is 2. The molecule has 6 nitrogen and oxygen atoms in total. The van der Waals surface area contributed by atoms with Crippen LogP contribution in [0.15, 0.2) is 24.3 Å². The van der Waals surface area contributed by atoms with Crippen molar-refractivity contribution in [1.29, 1.82) is 0 Å². The maximum atomic E-state index is 12.9. The van der Waals surface area contributed by atoms with E-state index in [1.54, 1.807) is 12.1 Å². The number of benzene rings is 1. The molecule has 0 saturated carbocycles. The van der Waals surface area contributed by atoms with E-state index in [0.717, 1.165) is 39.0 Å². The average molecular weight is 407 g/mol. The Hall–Kier alpha value is -1.99. The highest BCUT2D eigenvalue weighted by Crippen LogP contribution is 2.10. The lowest BCUT2D eigenvalue weighted by Gasteiger charge is -2.34. The zero-order valence-electron chi connectivity index (χ0n) is 17.9. The first-order chi connectivity index (χ1) is 13.8. The van der Waals surface area contributed by atoms with Gasteiger partial charge in [-0.2, -0.15) is 0 Å². The summed E-state index contributed by atoms with van der Waals surface area (Å²) < 4.78 is 12.9. The van der Waals surface area contributed by atoms with E-state index in [1.165, 1.54) is 18.6 Å². The Labute approximate surface area is 173 Å². The lowest BCUT2D eigenvalue weighted by molar-refractivity contribution is -0.124. The number of carbonyl (C=O) groups excluding carboxylic acids is 2. The van der Waals surface area contributed by atoms with Crippen molar-refractivity contribution < 1.29 is 14.0 Å². The first-order valence-corrected chi connectivity index (χ1v) is 10.6. The lowest BCUT2D eigenvalue weighted by atomic mass is 10.0. The molecule has 0 aromatic heterocycles. The van der Waals surface area contributed by atoms with Crippen molar-refractivity contribution in [3.63, 3.8) is 0 Å². The number of carbonyl (C=O) groups is 2. The first-order valence-electron chi connectivity index (χ1n) is 10.6. The van der Waals surface area contributed by atoms with Crippen LogP contribution >= 0.6 is 0 Å². The van der Waals surface area contributed by atoms with Gasteiger partial charge in [0.2, 0.25) is 11.8 Å². The van der Waals surface area contributed by atoms with Crippen LogP contribution in [0.25, 0.3) is 0 Å². The van der Waals surface area contributed by atoms with Crippen molar-refractivity contribution in [3.8, 4) is 0 Å². The second-order valence-electron chi connectivity index (χ2n) is 8.40. The molecular weight excluding hydrogens is 371 g/mol. The third-order valence-corrected chi connectivity index (χ3v) is 5.15. The van der Waals surface area contributed by atoms with Crippen LogP contribution in [0.2, 0.25) is 0 Å². The highest BCUT2D eigenvalue weighted by Gasteiger charge is 2.21. The fourth-order valence-corrected chi connectivity index (χ4v) is 3.47. The number of halogens is 1. The summed E-state index contributed by atoms with van der Waals surface area (Å²) in [5, 5.41) is 5.87. The van der Waals surface area contributed by atoms with Gasteiger partial charge in [-0.05, 0) is 43.5 Å². The van der Waals surface area contributed by atoms with Crippen molar-refractivity contribution in [1.82, 2.24) is 15.1 Å². The van der Waals surface area contributed by atoms with Crippen LogP contribution in [0.4, 0.5) is 10.1 Å². The van der Waals surface area contributed by atoms with Crippen molar-refractivity contribution in [2.75, 3.05) is 44.6 Å². The van der Waals surface area contributed by atoms with E-state index in [2.05, 4.69) is 41.2 Å². The fraction of sp³-hybridized carbons (Fsp3) is 0.636. The molecule has 0 unspecified atom stereocenters. The molecule has 0 bridgehead atoms. The SMILES string of the molecule is CC(C)CCC[C@H](C)NC(=O)CN1CCN(CC(=O)Nc2ccc(F)cc2)CC1. The Balaban J connectivity index is 1.62. The van der Waals surface area contributed by atoms with E-state index >= 15 is 0 Å². The molecule has 2 amide bonds. The summed E-state index contributed by atoms with van der Waals surface area (Å²) in [5.41, 5.74) is 0.592. The number of hydrogen-bond donors (Lipinski definition) is 2. The Morgan fingerprint density at radius 2 is 1.48 bits per heavy atom. The number of amides is 2. The maximum Gasteiger partial charge on any atom is 0.238 e. The van der Waals surface area contributed by atoms with Gasteiger partial charge in [-0.15, -0.1) is 0 Å². The van der Waals surface area contributed by atoms with Crippen LogP contribution in [-0.2, 0) is 9.59 Å². The summed E-state index contributed by atoms with van der Waals surface area (Å²) in [6, 6.07) is 5.95. The van der Waals surface area contributed by atoms with E-state index in [4.69, 9.17) is 0 Å². The molecule has 29 heavy (non-hydrogen) atoms. The molecule has 1 aliphatic heterocycles. The molecule has 1 aromatic rings. The molecule has 7 heteroatoms. The molecule has 1 aliphatic rings. The molecule has 2 rings (SSSR count). The topological polar surface area (TPSA) is 64.7 Å². The largest absolute Gasteiger partial charge is 0.353 e. The van der Waals surface area contributed by atoms with Gasteiger partial charge in [0.15, 0.2) is 0 Å². The molecule has 0 spiro atoms. The number of piperazine rings is 1. The van der Waals surface area contributed by atoms with Gasteiger partial charge in [0.05, 0.1) is 13.1 Å². The zero-order valence-corrected chi connectivity index (χ0v) is 17.9. The van der Waals surface area contributed by atoms with Crippen LogP contribution in [-0.4, -0.2) is 66.9 Å². The molecular formula is C22H35FN4O2. The second kappa shape index (κ2) is 11.9. The minimum absolute atomic E-state index is 0.0737. The zero-order chi connectivity index (χ0) is 21.2. The number of anilines is 1. The lowest BCUT2D eigenvalue weighted by Crippen LogP contribution is -2.51. The van der Waals surface area contributed by atoms with Gasteiger partial charge in [0.25, 0.3) is 0 Å². The Kier molecular flexibility index (Phi) is 9.54. The summed E-state index contributed by atoms with van der Waals surface area (Å²) in [5.74, 6) is 0.336. The molecule has 162 valence electrons. The summed E-state index contributed by atoms with van der Waals surface area (Å²) in [6.45, 7) is 10.2. The van der Waals surface area contributed by atoms with Crippen LogP contribution in [0.3, 0.4) is 0 Å². The van der Waals surface area contributed by atoms with E-state index in [1.807, 2.05) is 0 Å². The van der Waals surface area contributed by atoms with E-state index in [0.29, 0.717) is 24.7 Å². The predicted octanol–water partition coefficient (Wildman–Crippen LogP) is 2.71. The summed E-state index contributed by atoms with van der Waals surface area (Å²) in [6.07, 6.45) is 3.34. The molecule has 0 radical (unpaired) electrons. The van der Waals surface area contributed by atoms with Crippen molar-refractivity contribution in [3.05, 3.63) is 30.1 Å². The minimum atomic E-state index is -0.326. The van der Waals surface area contributed by atoms with Crippen molar-refractivity contribution >= 4 is 17.5 Å². The summed E-state index contributed by atoms with van der Waals surface area (Å²) in [4.78, 5) is 28.6. The fourth-order valence-electron chi connectivity index (χ4n) is 3.47. The molecule has 1 heterocycles. The van der Waals surface area contributed by atoms with E-state index < -0.39 is 0 Å². The minimum Gasteiger partial charge on any atom is -0.353 e. The van der Waals surface area contributed by atoms with Gasteiger partial charge in [-0.25, -0.2) is 4.39 Å². The van der Waals surface area contributed by atoms with Gasteiger partial charge in [0, 0.05) is 37.9 Å². The quantitative estimate of drug-likeness (QED) is 0.627. The van der Waals surface area contributed by atoms with E-state index in [-0.39, 0.29) is 23.7 Å². The standard InChI is InChI=1S/C22H35FN4O2/c1-17(2)5-4-6-18(3)24-21(28)15-26-11-13-27(14-12-26)16-22(29)25-20-9-7-19(23)8-10-20/h7-10,17-18H,4-6,11-16H2,1-3H3,(H,24,28)(H,25,29)/t18-/m0/s1. The van der Waals surface area contributed by atoms with Crippen LogP contribution in [0.5, 0.6) is 0 Å². The average Bonchev–Trinajstić information content (AvgIpc) is 2.65. The van der Waals surface area contributed by atoms with Crippen LogP contribution < -0.4 is 10.6 Å². The molecule has 1 atom stereocenters. The molecule has 2 N–H and O–H groups in total. The van der Waals surface area contributed by atoms with Crippen LogP contribution in [0, 0.1) is 11.7 Å². The third kappa shape index (κ3) is 9.37. The normalized spacial score (nSPS) is 16.6. The number of rotatable bonds is 10. The summed E-state index contributed by atoms with van der Waals surface area (Å²) in [7, 11) is 0. The second-order valence-corrected chi connectivity index (χ2v) is 8.40. The Morgan fingerprint density at radius 1 is 0.931 bits per heavy atom. The smallest absolute Gasteiger partial charge is 0.238 e. The van der Waals surface area contributed by atoms with Gasteiger partial charge in [-0.1, -0.05) is 26.7 Å². The van der Waals surface area contributed by atoms with Crippen molar-refractivity contribution in [2.24, 2.45) is 5.92 Å². The Morgan fingerprint density at radius 3 is 2.03 bits per heavy atom. The van der Waals surface area contributed by atoms with Gasteiger partial charge in [-0.3, -0.25) is 19.4 Å². The monoisotopic (exact) mass is 406 g/mol. The third-order valence-electron chi connectivity index (χ3n) is 5.15. The predicted molar refractivity (Wildman–Crippen MR) is 114 cm³/mol. The first kappa shape index (κ1) is 23.3. The Bertz CT molecular complexity index is 643. The number of hydrogen-bond acceptors (Lipinski definition) is 4. The summed E-state index contributed by atoms with van der Waals surface area (Å²) >= 11 is 0. The number of nitrogens with one attached hydrogen (secondary N) is 2. The van der Waals surface area contributed by atoms with Gasteiger partial charge < -0.3 is 10.6 Å². The highest BCUT2D eigenvalue weighted by molar-refractivity contribution is 5.92. The maximum absolute atomic E-state index is 12.9. The molecule has 1 saturated heterocycles. The van der Waals surface area contributed by atoms with Crippen molar-refractivity contribution in [2.45, 2.75) is 46.1 Å².